The van der Waals surface area contributed by atoms with Crippen LogP contribution in [-0.2, 0) is 19.8 Å². The lowest BCUT2D eigenvalue weighted by atomic mass is 9.93. The Hall–Kier alpha value is -1.77. The zero-order valence-electron chi connectivity index (χ0n) is 15.9. The van der Waals surface area contributed by atoms with Gasteiger partial charge in [0.15, 0.2) is 11.7 Å². The van der Waals surface area contributed by atoms with Crippen LogP contribution in [0.15, 0.2) is 11.2 Å². The van der Waals surface area contributed by atoms with Crippen LogP contribution in [-0.4, -0.2) is 39.5 Å². The van der Waals surface area contributed by atoms with Crippen molar-refractivity contribution in [1.82, 2.24) is 20.4 Å². The summed E-state index contributed by atoms with van der Waals surface area (Å²) in [7, 11) is 1.45. The second-order valence-electron chi connectivity index (χ2n) is 6.45. The van der Waals surface area contributed by atoms with Crippen molar-refractivity contribution in [3.8, 4) is 0 Å². The zero-order valence-corrected chi connectivity index (χ0v) is 15.9. The normalized spacial score (nSPS) is 13.2. The minimum Gasteiger partial charge on any atom is -0.388 e. The molecule has 9 heteroatoms. The molecule has 1 rings (SSSR count). The Kier molecular flexibility index (Phi) is 8.39. The second-order valence-corrected chi connectivity index (χ2v) is 6.45. The number of aliphatic hydroxyl groups is 1. The van der Waals surface area contributed by atoms with E-state index in [0.717, 1.165) is 17.5 Å². The lowest BCUT2D eigenvalue weighted by Crippen LogP contribution is -2.47. The molecule has 0 amide bonds. The molecule has 0 radical (unpaired) electrons. The third-order valence-electron chi connectivity index (χ3n) is 3.94. The summed E-state index contributed by atoms with van der Waals surface area (Å²) in [6.07, 6.45) is -0.212. The number of aromatic nitrogens is 2. The fourth-order valence-electron chi connectivity index (χ4n) is 2.88. The molecule has 0 aliphatic rings. The molecule has 0 aromatic carbocycles. The number of guanidine groups is 1. The smallest absolute Gasteiger partial charge is 0.388 e. The van der Waals surface area contributed by atoms with Crippen LogP contribution in [0.5, 0.6) is 0 Å². The van der Waals surface area contributed by atoms with Gasteiger partial charge in [0, 0.05) is 31.9 Å². The zero-order chi connectivity index (χ0) is 19.8. The van der Waals surface area contributed by atoms with E-state index in [4.69, 9.17) is 0 Å². The number of aryl methyl sites for hydroxylation is 1. The van der Waals surface area contributed by atoms with Gasteiger partial charge < -0.3 is 15.7 Å². The summed E-state index contributed by atoms with van der Waals surface area (Å²) in [5.74, 6) is 0.370. The van der Waals surface area contributed by atoms with Crippen molar-refractivity contribution in [3.05, 3.63) is 17.5 Å². The molecule has 0 aliphatic carbocycles. The molecule has 26 heavy (non-hydrogen) atoms. The van der Waals surface area contributed by atoms with Crippen LogP contribution in [0.1, 0.15) is 57.7 Å². The average Bonchev–Trinajstić information content (AvgIpc) is 2.92. The predicted molar refractivity (Wildman–Crippen MR) is 95.8 cm³/mol. The summed E-state index contributed by atoms with van der Waals surface area (Å²) in [6, 6.07) is 0. The van der Waals surface area contributed by atoms with Crippen LogP contribution in [0, 0.1) is 0 Å². The van der Waals surface area contributed by atoms with Gasteiger partial charge in [-0.15, -0.1) is 0 Å². The van der Waals surface area contributed by atoms with Crippen LogP contribution in [0.2, 0.25) is 0 Å². The molecule has 150 valence electrons. The van der Waals surface area contributed by atoms with E-state index in [1.165, 1.54) is 13.2 Å². The Balaban J connectivity index is 2.87. The Morgan fingerprint density at radius 2 is 1.81 bits per heavy atom. The highest BCUT2D eigenvalue weighted by Gasteiger charge is 2.36. The van der Waals surface area contributed by atoms with Crippen molar-refractivity contribution in [2.45, 2.75) is 64.8 Å². The summed E-state index contributed by atoms with van der Waals surface area (Å²) in [5.41, 5.74) is -1.77. The molecular formula is C17H30F3N5O. The van der Waals surface area contributed by atoms with E-state index >= 15 is 0 Å². The first-order valence-corrected chi connectivity index (χ1v) is 8.99. The van der Waals surface area contributed by atoms with Crippen molar-refractivity contribution in [2.75, 3.05) is 13.1 Å². The van der Waals surface area contributed by atoms with E-state index in [1.807, 2.05) is 20.8 Å². The Morgan fingerprint density at radius 1 is 1.19 bits per heavy atom. The number of nitrogens with zero attached hydrogens (tertiary/aromatic N) is 3. The first-order valence-electron chi connectivity index (χ1n) is 8.99. The molecule has 0 saturated carbocycles. The fraction of sp³-hybridized carbons (Fsp3) is 0.765. The third-order valence-corrected chi connectivity index (χ3v) is 3.94. The standard InChI is InChI=1S/C17H30F3N5O/c1-5-8-16(26,9-6-2)12-23-15(21-7-3)22-10-13-11-25(4)24-14(13)17(18,19)20/h11,26H,5-10,12H2,1-4H3,(H2,21,22,23). The molecule has 0 unspecified atom stereocenters. The van der Waals surface area contributed by atoms with Crippen molar-refractivity contribution >= 4 is 5.96 Å². The topological polar surface area (TPSA) is 74.5 Å². The highest BCUT2D eigenvalue weighted by Crippen LogP contribution is 2.30. The highest BCUT2D eigenvalue weighted by molar-refractivity contribution is 5.79. The van der Waals surface area contributed by atoms with E-state index < -0.39 is 17.5 Å². The Bertz CT molecular complexity index is 577. The van der Waals surface area contributed by atoms with E-state index in [2.05, 4.69) is 20.7 Å². The molecule has 0 fully saturated rings. The minimum absolute atomic E-state index is 0.00887. The Morgan fingerprint density at radius 3 is 2.31 bits per heavy atom. The maximum absolute atomic E-state index is 13.0. The number of hydrogen-bond donors (Lipinski definition) is 3. The van der Waals surface area contributed by atoms with E-state index in [1.54, 1.807) is 0 Å². The summed E-state index contributed by atoms with van der Waals surface area (Å²) in [4.78, 5) is 4.22. The highest BCUT2D eigenvalue weighted by atomic mass is 19.4. The summed E-state index contributed by atoms with van der Waals surface area (Å²) >= 11 is 0. The van der Waals surface area contributed by atoms with Crippen molar-refractivity contribution < 1.29 is 18.3 Å². The van der Waals surface area contributed by atoms with Crippen LogP contribution < -0.4 is 10.6 Å². The van der Waals surface area contributed by atoms with Crippen LogP contribution in [0.25, 0.3) is 0 Å². The van der Waals surface area contributed by atoms with Gasteiger partial charge in [-0.3, -0.25) is 4.68 Å². The van der Waals surface area contributed by atoms with Gasteiger partial charge in [-0.2, -0.15) is 18.3 Å². The van der Waals surface area contributed by atoms with Crippen LogP contribution in [0.3, 0.4) is 0 Å². The number of rotatable bonds is 9. The van der Waals surface area contributed by atoms with Gasteiger partial charge in [0.2, 0.25) is 0 Å². The molecule has 1 aromatic heterocycles. The van der Waals surface area contributed by atoms with Crippen LogP contribution >= 0.6 is 0 Å². The number of nitrogens with one attached hydrogen (secondary N) is 2. The van der Waals surface area contributed by atoms with E-state index in [0.29, 0.717) is 31.9 Å². The maximum atomic E-state index is 13.0. The number of aliphatic imine (C=N–C) groups is 1. The maximum Gasteiger partial charge on any atom is 0.435 e. The molecule has 1 aromatic rings. The molecule has 3 N–H and O–H groups in total. The third kappa shape index (κ3) is 6.86. The quantitative estimate of drug-likeness (QED) is 0.457. The lowest BCUT2D eigenvalue weighted by molar-refractivity contribution is -0.142. The summed E-state index contributed by atoms with van der Waals surface area (Å²) < 4.78 is 40.2. The van der Waals surface area contributed by atoms with E-state index in [-0.39, 0.29) is 12.1 Å². The summed E-state index contributed by atoms with van der Waals surface area (Å²) in [5, 5.41) is 20.2. The first kappa shape index (κ1) is 22.3. The second kappa shape index (κ2) is 9.80. The van der Waals surface area contributed by atoms with Gasteiger partial charge in [0.25, 0.3) is 0 Å². The van der Waals surface area contributed by atoms with Gasteiger partial charge in [-0.1, -0.05) is 26.7 Å². The number of hydrogen-bond acceptors (Lipinski definition) is 3. The van der Waals surface area contributed by atoms with Gasteiger partial charge in [0.1, 0.15) is 0 Å². The average molecular weight is 377 g/mol. The van der Waals surface area contributed by atoms with Crippen molar-refractivity contribution in [2.24, 2.45) is 12.0 Å². The minimum atomic E-state index is -4.51. The molecule has 0 atom stereocenters. The van der Waals surface area contributed by atoms with Crippen molar-refractivity contribution in [3.63, 3.8) is 0 Å². The van der Waals surface area contributed by atoms with Crippen LogP contribution in [0.4, 0.5) is 13.2 Å². The van der Waals surface area contributed by atoms with Gasteiger partial charge in [-0.05, 0) is 19.8 Å². The van der Waals surface area contributed by atoms with Gasteiger partial charge in [-0.25, -0.2) is 4.99 Å². The molecular weight excluding hydrogens is 347 g/mol. The largest absolute Gasteiger partial charge is 0.435 e. The lowest BCUT2D eigenvalue weighted by Gasteiger charge is -2.28. The molecule has 6 nitrogen and oxygen atoms in total. The van der Waals surface area contributed by atoms with E-state index in [9.17, 15) is 18.3 Å². The molecule has 1 heterocycles. The Labute approximate surface area is 152 Å². The van der Waals surface area contributed by atoms with Crippen molar-refractivity contribution in [1.29, 1.82) is 0 Å². The van der Waals surface area contributed by atoms with Gasteiger partial charge in [0.05, 0.1) is 12.1 Å². The fourth-order valence-corrected chi connectivity index (χ4v) is 2.88. The molecule has 0 bridgehead atoms. The molecule has 0 spiro atoms. The molecule has 0 saturated heterocycles. The number of alkyl halides is 3. The first-order chi connectivity index (χ1) is 12.1. The predicted octanol–water partition coefficient (Wildman–Crippen LogP) is 2.83. The van der Waals surface area contributed by atoms with Gasteiger partial charge >= 0.3 is 6.18 Å². The number of halogens is 3. The monoisotopic (exact) mass is 377 g/mol. The SMILES string of the molecule is CCCC(O)(CCC)CNC(=NCc1cn(C)nc1C(F)(F)F)NCC. The molecule has 0 aliphatic heterocycles. The summed E-state index contributed by atoms with van der Waals surface area (Å²) in [6.45, 7) is 6.57.